The van der Waals surface area contributed by atoms with Gasteiger partial charge in [0.2, 0.25) is 0 Å². The van der Waals surface area contributed by atoms with Gasteiger partial charge in [-0.3, -0.25) is 0 Å². The van der Waals surface area contributed by atoms with Gasteiger partial charge in [-0.15, -0.1) is 0 Å². The molecule has 0 unspecified atom stereocenters. The van der Waals surface area contributed by atoms with Crippen LogP contribution < -0.4 is 5.73 Å². The SMILES string of the molecule is C=C/C=C(C#CCOCCn1c(CCCCCCCC)nc2c(N)nc3ccccc3c21)\C=C/C. The Labute approximate surface area is 209 Å². The molecule has 0 aliphatic rings. The predicted molar refractivity (Wildman–Crippen MR) is 148 cm³/mol. The molecule has 35 heavy (non-hydrogen) atoms. The Kier molecular flexibility index (Phi) is 10.6. The number of nitrogens with zero attached hydrogens (tertiary/aromatic N) is 3. The molecule has 2 heterocycles. The summed E-state index contributed by atoms with van der Waals surface area (Å²) in [6, 6.07) is 8.12. The number of ether oxygens (including phenoxy) is 1. The third-order valence-electron chi connectivity index (χ3n) is 5.95. The van der Waals surface area contributed by atoms with Crippen molar-refractivity contribution in [3.63, 3.8) is 0 Å². The number of pyridine rings is 1. The van der Waals surface area contributed by atoms with Crippen LogP contribution in [0.5, 0.6) is 0 Å². The first-order valence-electron chi connectivity index (χ1n) is 12.7. The van der Waals surface area contributed by atoms with E-state index >= 15 is 0 Å². The molecular formula is C30H38N4O. The van der Waals surface area contributed by atoms with Gasteiger partial charge in [-0.25, -0.2) is 9.97 Å². The number of nitrogen functional groups attached to an aromatic ring is 1. The number of hydrogen-bond donors (Lipinski definition) is 1. The molecule has 2 aromatic heterocycles. The topological polar surface area (TPSA) is 66.0 Å². The van der Waals surface area contributed by atoms with Gasteiger partial charge in [-0.1, -0.05) is 93.9 Å². The lowest BCUT2D eigenvalue weighted by Gasteiger charge is -2.11. The lowest BCUT2D eigenvalue weighted by atomic mass is 10.1. The van der Waals surface area contributed by atoms with Crippen LogP contribution in [0.2, 0.25) is 0 Å². The van der Waals surface area contributed by atoms with Gasteiger partial charge in [0.05, 0.1) is 17.6 Å². The van der Waals surface area contributed by atoms with Gasteiger partial charge in [0.25, 0.3) is 0 Å². The molecule has 0 bridgehead atoms. The highest BCUT2D eigenvalue weighted by molar-refractivity contribution is 6.06. The Balaban J connectivity index is 1.76. The molecule has 0 atom stereocenters. The Hall–Kier alpha value is -3.36. The standard InChI is InChI=1S/C30H38N4O/c1-4-7-8-9-10-11-20-27-33-28-29(25-18-12-13-19-26(25)32-30(28)31)34(27)21-23-35-22-14-17-24(15-5-2)16-6-3/h5-6,12-13,15-16,18-19H,2,4,7-11,20-23H2,1,3H3,(H2,31,32)/b16-6-,24-15+. The van der Waals surface area contributed by atoms with E-state index in [1.807, 2.05) is 43.4 Å². The minimum Gasteiger partial charge on any atom is -0.382 e. The number of aromatic nitrogens is 3. The first-order valence-corrected chi connectivity index (χ1v) is 12.7. The molecular weight excluding hydrogens is 432 g/mol. The third-order valence-corrected chi connectivity index (χ3v) is 5.95. The van der Waals surface area contributed by atoms with Crippen LogP contribution in [-0.4, -0.2) is 27.7 Å². The number of benzene rings is 1. The number of fused-ring (bicyclic) bond motifs is 3. The summed E-state index contributed by atoms with van der Waals surface area (Å²) in [5.41, 5.74) is 9.98. The lowest BCUT2D eigenvalue weighted by Crippen LogP contribution is -2.10. The van der Waals surface area contributed by atoms with Gasteiger partial charge in [0, 0.05) is 23.9 Å². The third kappa shape index (κ3) is 7.31. The Morgan fingerprint density at radius 2 is 1.94 bits per heavy atom. The van der Waals surface area contributed by atoms with Crippen molar-refractivity contribution in [2.45, 2.75) is 65.3 Å². The zero-order chi connectivity index (χ0) is 24.9. The zero-order valence-electron chi connectivity index (χ0n) is 21.2. The molecule has 0 amide bonds. The van der Waals surface area contributed by atoms with Crippen molar-refractivity contribution in [1.29, 1.82) is 0 Å². The second kappa shape index (κ2) is 14.1. The smallest absolute Gasteiger partial charge is 0.152 e. The van der Waals surface area contributed by atoms with Crippen LogP contribution in [0.3, 0.4) is 0 Å². The fraction of sp³-hybridized carbons (Fsp3) is 0.400. The van der Waals surface area contributed by atoms with E-state index in [2.05, 4.69) is 41.0 Å². The van der Waals surface area contributed by atoms with Crippen LogP contribution in [0.4, 0.5) is 5.82 Å². The summed E-state index contributed by atoms with van der Waals surface area (Å²) in [5, 5.41) is 1.07. The Morgan fingerprint density at radius 1 is 1.14 bits per heavy atom. The molecule has 0 aliphatic heterocycles. The summed E-state index contributed by atoms with van der Waals surface area (Å²) in [6.07, 6.45) is 16.0. The quantitative estimate of drug-likeness (QED) is 0.170. The normalized spacial score (nSPS) is 11.9. The maximum atomic E-state index is 6.33. The van der Waals surface area contributed by atoms with Gasteiger partial charge in [-0.2, -0.15) is 0 Å². The van der Waals surface area contributed by atoms with Crippen LogP contribution in [0.25, 0.3) is 21.9 Å². The Morgan fingerprint density at radius 3 is 2.74 bits per heavy atom. The number of aryl methyl sites for hydroxylation is 1. The molecule has 0 saturated carbocycles. The minimum atomic E-state index is 0.371. The summed E-state index contributed by atoms with van der Waals surface area (Å²) in [4.78, 5) is 9.53. The minimum absolute atomic E-state index is 0.371. The van der Waals surface area contributed by atoms with Crippen molar-refractivity contribution < 1.29 is 4.74 Å². The van der Waals surface area contributed by atoms with Crippen molar-refractivity contribution in [3.8, 4) is 11.8 Å². The predicted octanol–water partition coefficient (Wildman–Crippen LogP) is 6.78. The summed E-state index contributed by atoms with van der Waals surface area (Å²) in [6.45, 7) is 9.57. The molecule has 2 N–H and O–H groups in total. The number of rotatable bonds is 13. The maximum absolute atomic E-state index is 6.33. The largest absolute Gasteiger partial charge is 0.382 e. The number of unbranched alkanes of at least 4 members (excludes halogenated alkanes) is 5. The highest BCUT2D eigenvalue weighted by Crippen LogP contribution is 2.29. The fourth-order valence-electron chi connectivity index (χ4n) is 4.26. The number of anilines is 1. The summed E-state index contributed by atoms with van der Waals surface area (Å²) in [7, 11) is 0. The van der Waals surface area contributed by atoms with Gasteiger partial charge >= 0.3 is 0 Å². The van der Waals surface area contributed by atoms with E-state index in [0.717, 1.165) is 46.2 Å². The average molecular weight is 471 g/mol. The highest BCUT2D eigenvalue weighted by atomic mass is 16.5. The van der Waals surface area contributed by atoms with Crippen LogP contribution >= 0.6 is 0 Å². The van der Waals surface area contributed by atoms with E-state index in [0.29, 0.717) is 25.6 Å². The molecule has 3 rings (SSSR count). The number of allylic oxidation sites excluding steroid dienone is 5. The molecule has 184 valence electrons. The van der Waals surface area contributed by atoms with Crippen molar-refractivity contribution in [3.05, 3.63) is 66.5 Å². The van der Waals surface area contributed by atoms with E-state index in [-0.39, 0.29) is 0 Å². The van der Waals surface area contributed by atoms with Crippen molar-refractivity contribution in [1.82, 2.24) is 14.5 Å². The average Bonchev–Trinajstić information content (AvgIpc) is 3.23. The molecule has 3 aromatic rings. The second-order valence-corrected chi connectivity index (χ2v) is 8.62. The monoisotopic (exact) mass is 470 g/mol. The van der Waals surface area contributed by atoms with E-state index in [4.69, 9.17) is 15.5 Å². The van der Waals surface area contributed by atoms with E-state index in [1.54, 1.807) is 6.08 Å². The molecule has 5 heteroatoms. The van der Waals surface area contributed by atoms with Crippen molar-refractivity contribution in [2.75, 3.05) is 18.9 Å². The fourth-order valence-corrected chi connectivity index (χ4v) is 4.26. The Bertz CT molecular complexity index is 1240. The van der Waals surface area contributed by atoms with Gasteiger partial charge in [0.15, 0.2) is 5.82 Å². The number of para-hydroxylation sites is 1. The first kappa shape index (κ1) is 26.2. The summed E-state index contributed by atoms with van der Waals surface area (Å²) >= 11 is 0. The molecule has 0 saturated heterocycles. The first-order chi connectivity index (χ1) is 17.2. The molecule has 5 nitrogen and oxygen atoms in total. The van der Waals surface area contributed by atoms with E-state index in [9.17, 15) is 0 Å². The number of imidazole rings is 1. The number of hydrogen-bond acceptors (Lipinski definition) is 4. The van der Waals surface area contributed by atoms with Crippen LogP contribution in [-0.2, 0) is 17.7 Å². The van der Waals surface area contributed by atoms with Gasteiger partial charge < -0.3 is 15.0 Å². The summed E-state index contributed by atoms with van der Waals surface area (Å²) < 4.78 is 8.16. The van der Waals surface area contributed by atoms with Crippen molar-refractivity contribution >= 4 is 27.8 Å². The van der Waals surface area contributed by atoms with E-state index < -0.39 is 0 Å². The molecule has 0 aliphatic carbocycles. The molecule has 0 fully saturated rings. The molecule has 0 spiro atoms. The summed E-state index contributed by atoms with van der Waals surface area (Å²) in [5.74, 6) is 7.75. The highest BCUT2D eigenvalue weighted by Gasteiger charge is 2.17. The van der Waals surface area contributed by atoms with Gasteiger partial charge in [-0.05, 0) is 25.5 Å². The molecule has 0 radical (unpaired) electrons. The van der Waals surface area contributed by atoms with Gasteiger partial charge in [0.1, 0.15) is 17.9 Å². The van der Waals surface area contributed by atoms with Crippen LogP contribution in [0.1, 0.15) is 58.2 Å². The van der Waals surface area contributed by atoms with Crippen molar-refractivity contribution in [2.24, 2.45) is 0 Å². The van der Waals surface area contributed by atoms with Crippen LogP contribution in [0.15, 0.2) is 60.7 Å². The van der Waals surface area contributed by atoms with Crippen LogP contribution in [0, 0.1) is 11.8 Å². The number of nitrogens with two attached hydrogens (primary N) is 1. The molecule has 1 aromatic carbocycles. The second-order valence-electron chi connectivity index (χ2n) is 8.62. The van der Waals surface area contributed by atoms with E-state index in [1.165, 1.54) is 32.1 Å². The zero-order valence-corrected chi connectivity index (χ0v) is 21.2. The lowest BCUT2D eigenvalue weighted by molar-refractivity contribution is 0.157. The maximum Gasteiger partial charge on any atom is 0.152 e.